The molecule has 0 aliphatic rings. The molecule has 0 fully saturated rings. The molecule has 1 unspecified atom stereocenters. The van der Waals surface area contributed by atoms with Crippen LogP contribution in [0.4, 0.5) is 11.5 Å². The highest BCUT2D eigenvalue weighted by atomic mass is 16.5. The zero-order valence-corrected chi connectivity index (χ0v) is 24.3. The van der Waals surface area contributed by atoms with Crippen molar-refractivity contribution in [1.82, 2.24) is 20.2 Å². The third kappa shape index (κ3) is 9.39. The minimum atomic E-state index is -0.0170. The Labute approximate surface area is 233 Å². The maximum Gasteiger partial charge on any atom is 0.216 e. The van der Waals surface area contributed by atoms with Gasteiger partial charge in [-0.1, -0.05) is 45.7 Å². The van der Waals surface area contributed by atoms with Crippen LogP contribution in [0.5, 0.6) is 11.5 Å². The molecule has 0 aliphatic heterocycles. The van der Waals surface area contributed by atoms with Crippen LogP contribution in [0.1, 0.15) is 71.3 Å². The van der Waals surface area contributed by atoms with Crippen molar-refractivity contribution in [3.63, 3.8) is 0 Å². The second-order valence-corrected chi connectivity index (χ2v) is 10.1. The molecule has 0 aliphatic carbocycles. The Morgan fingerprint density at radius 3 is 2.31 bits per heavy atom. The summed E-state index contributed by atoms with van der Waals surface area (Å²) in [4.78, 5) is 22.7. The van der Waals surface area contributed by atoms with Gasteiger partial charge in [0, 0.05) is 37.2 Å². The van der Waals surface area contributed by atoms with Gasteiger partial charge < -0.3 is 25.0 Å². The molecule has 3 rings (SSSR count). The van der Waals surface area contributed by atoms with Crippen molar-refractivity contribution in [3.05, 3.63) is 48.3 Å². The van der Waals surface area contributed by atoms with Crippen LogP contribution in [0.2, 0.25) is 0 Å². The minimum Gasteiger partial charge on any atom is -0.493 e. The van der Waals surface area contributed by atoms with Gasteiger partial charge in [-0.25, -0.2) is 9.97 Å². The molecule has 1 amide bonds. The van der Waals surface area contributed by atoms with Crippen LogP contribution in [0, 0.1) is 0 Å². The number of anilines is 2. The molecule has 0 saturated heterocycles. The number of benzene rings is 2. The summed E-state index contributed by atoms with van der Waals surface area (Å²) in [5.74, 6) is 2.27. The van der Waals surface area contributed by atoms with E-state index in [-0.39, 0.29) is 11.8 Å². The maximum absolute atomic E-state index is 11.2. The van der Waals surface area contributed by atoms with Gasteiger partial charge >= 0.3 is 0 Å². The zero-order chi connectivity index (χ0) is 28.0. The predicted molar refractivity (Wildman–Crippen MR) is 159 cm³/mol. The summed E-state index contributed by atoms with van der Waals surface area (Å²) in [6.07, 6.45) is 7.41. The first-order valence-corrected chi connectivity index (χ1v) is 14.2. The lowest BCUT2D eigenvalue weighted by Crippen LogP contribution is -2.28. The molecule has 1 heterocycles. The van der Waals surface area contributed by atoms with E-state index in [9.17, 15) is 4.79 Å². The third-order valence-electron chi connectivity index (χ3n) is 6.85. The van der Waals surface area contributed by atoms with Gasteiger partial charge in [0.15, 0.2) is 11.5 Å². The van der Waals surface area contributed by atoms with Crippen molar-refractivity contribution in [3.8, 4) is 11.5 Å². The lowest BCUT2D eigenvalue weighted by Gasteiger charge is -2.22. The van der Waals surface area contributed by atoms with Gasteiger partial charge in [0.1, 0.15) is 12.1 Å². The van der Waals surface area contributed by atoms with E-state index in [2.05, 4.69) is 58.4 Å². The summed E-state index contributed by atoms with van der Waals surface area (Å²) < 4.78 is 11.8. The summed E-state index contributed by atoms with van der Waals surface area (Å²) in [6.45, 7) is 12.7. The second-order valence-electron chi connectivity index (χ2n) is 10.1. The lowest BCUT2D eigenvalue weighted by atomic mass is 10.0. The number of hydrogen-bond acceptors (Lipinski definition) is 7. The van der Waals surface area contributed by atoms with Crippen LogP contribution in [-0.2, 0) is 4.79 Å². The van der Waals surface area contributed by atoms with E-state index in [4.69, 9.17) is 9.47 Å². The highest BCUT2D eigenvalue weighted by molar-refractivity contribution is 5.93. The Balaban J connectivity index is 1.69. The minimum absolute atomic E-state index is 0.0170. The molecule has 39 heavy (non-hydrogen) atoms. The Kier molecular flexibility index (Phi) is 12.3. The van der Waals surface area contributed by atoms with E-state index < -0.39 is 0 Å². The predicted octanol–water partition coefficient (Wildman–Crippen LogP) is 6.29. The van der Waals surface area contributed by atoms with Crippen molar-refractivity contribution in [2.45, 2.75) is 65.7 Å². The van der Waals surface area contributed by atoms with Crippen molar-refractivity contribution in [1.29, 1.82) is 0 Å². The van der Waals surface area contributed by atoms with Crippen LogP contribution in [0.3, 0.4) is 0 Å². The van der Waals surface area contributed by atoms with Crippen molar-refractivity contribution in [2.75, 3.05) is 45.2 Å². The number of amides is 1. The summed E-state index contributed by atoms with van der Waals surface area (Å²) in [5.41, 5.74) is 2.86. The molecule has 2 N–H and O–H groups in total. The smallest absolute Gasteiger partial charge is 0.216 e. The average Bonchev–Trinajstić information content (AvgIpc) is 2.95. The summed E-state index contributed by atoms with van der Waals surface area (Å²) in [6, 6.07) is 12.1. The number of methoxy groups -OCH3 is 1. The molecule has 3 aromatic rings. The van der Waals surface area contributed by atoms with Gasteiger partial charge in [-0.3, -0.25) is 4.79 Å². The summed E-state index contributed by atoms with van der Waals surface area (Å²) >= 11 is 0. The SMILES string of the molecule is CCCCN(CCCC)CCCOc1cc2c(Nc3ccc(C(C)CNC(C)=O)cc3)ncnc2cc1OC. The van der Waals surface area contributed by atoms with Gasteiger partial charge in [-0.05, 0) is 62.0 Å². The number of fused-ring (bicyclic) bond motifs is 1. The fraction of sp³-hybridized carbons (Fsp3) is 0.516. The quantitative estimate of drug-likeness (QED) is 0.196. The molecular weight excluding hydrogens is 490 g/mol. The Hall–Kier alpha value is -3.39. The van der Waals surface area contributed by atoms with Gasteiger partial charge in [-0.2, -0.15) is 0 Å². The number of carbonyl (C=O) groups excluding carboxylic acids is 1. The number of hydrogen-bond donors (Lipinski definition) is 2. The molecule has 2 aromatic carbocycles. The van der Waals surface area contributed by atoms with Crippen molar-refractivity contribution in [2.24, 2.45) is 0 Å². The van der Waals surface area contributed by atoms with Crippen LogP contribution >= 0.6 is 0 Å². The molecule has 0 saturated carbocycles. The van der Waals surface area contributed by atoms with E-state index in [1.54, 1.807) is 13.4 Å². The fourth-order valence-electron chi connectivity index (χ4n) is 4.45. The largest absolute Gasteiger partial charge is 0.493 e. The lowest BCUT2D eigenvalue weighted by molar-refractivity contribution is -0.119. The van der Waals surface area contributed by atoms with Gasteiger partial charge in [-0.15, -0.1) is 0 Å². The summed E-state index contributed by atoms with van der Waals surface area (Å²) in [7, 11) is 1.65. The Morgan fingerprint density at radius 2 is 1.67 bits per heavy atom. The maximum atomic E-state index is 11.2. The molecule has 1 atom stereocenters. The second kappa shape index (κ2) is 15.9. The van der Waals surface area contributed by atoms with Crippen LogP contribution in [0.15, 0.2) is 42.7 Å². The average molecular weight is 536 g/mol. The van der Waals surface area contributed by atoms with Crippen molar-refractivity contribution >= 4 is 28.3 Å². The molecule has 8 heteroatoms. The molecule has 0 radical (unpaired) electrons. The molecule has 8 nitrogen and oxygen atoms in total. The summed E-state index contributed by atoms with van der Waals surface area (Å²) in [5, 5.41) is 7.17. The number of rotatable bonds is 17. The van der Waals surface area contributed by atoms with E-state index in [0.717, 1.165) is 48.2 Å². The van der Waals surface area contributed by atoms with Crippen LogP contribution in [-0.4, -0.2) is 60.7 Å². The number of carbonyl (C=O) groups is 1. The van der Waals surface area contributed by atoms with E-state index in [0.29, 0.717) is 30.5 Å². The third-order valence-corrected chi connectivity index (χ3v) is 6.85. The van der Waals surface area contributed by atoms with Crippen molar-refractivity contribution < 1.29 is 14.3 Å². The number of unbranched alkanes of at least 4 members (excludes halogenated alkanes) is 2. The van der Waals surface area contributed by atoms with E-state index in [1.807, 2.05) is 24.3 Å². The normalized spacial score (nSPS) is 11.9. The van der Waals surface area contributed by atoms with E-state index in [1.165, 1.54) is 32.6 Å². The first-order chi connectivity index (χ1) is 18.9. The first kappa shape index (κ1) is 30.2. The fourth-order valence-corrected chi connectivity index (χ4v) is 4.45. The first-order valence-electron chi connectivity index (χ1n) is 14.2. The number of nitrogens with zero attached hydrogens (tertiary/aromatic N) is 3. The monoisotopic (exact) mass is 535 g/mol. The number of aromatic nitrogens is 2. The van der Waals surface area contributed by atoms with Gasteiger partial charge in [0.2, 0.25) is 5.91 Å². The Bertz CT molecular complexity index is 1160. The standard InChI is InChI=1S/C31H45N5O3/c1-6-8-15-36(16-9-7-2)17-10-18-39-30-19-27-28(20-29(30)38-5)33-22-34-31(27)35-26-13-11-25(12-14-26)23(3)21-32-24(4)37/h11-14,19-20,22-23H,6-10,15-18,21H2,1-5H3,(H,32,37)(H,33,34,35). The van der Waals surface area contributed by atoms with Gasteiger partial charge in [0.05, 0.1) is 19.2 Å². The molecular formula is C31H45N5O3. The molecule has 1 aromatic heterocycles. The molecule has 212 valence electrons. The molecule has 0 bridgehead atoms. The highest BCUT2D eigenvalue weighted by Gasteiger charge is 2.13. The van der Waals surface area contributed by atoms with E-state index >= 15 is 0 Å². The number of ether oxygens (including phenoxy) is 2. The Morgan fingerprint density at radius 1 is 0.974 bits per heavy atom. The topological polar surface area (TPSA) is 88.6 Å². The molecule has 0 spiro atoms. The zero-order valence-electron chi connectivity index (χ0n) is 24.3. The van der Waals surface area contributed by atoms with Gasteiger partial charge in [0.25, 0.3) is 0 Å². The van der Waals surface area contributed by atoms with Crippen LogP contribution < -0.4 is 20.1 Å². The number of nitrogens with one attached hydrogen (secondary N) is 2. The highest BCUT2D eigenvalue weighted by Crippen LogP contribution is 2.35. The van der Waals surface area contributed by atoms with Crippen LogP contribution in [0.25, 0.3) is 10.9 Å².